The molecule has 0 saturated heterocycles. The average Bonchev–Trinajstić information content (AvgIpc) is 3.19. The van der Waals surface area contributed by atoms with E-state index < -0.39 is 12.1 Å². The Balaban J connectivity index is 1.65. The summed E-state index contributed by atoms with van der Waals surface area (Å²) in [7, 11) is 0. The lowest BCUT2D eigenvalue weighted by Gasteiger charge is -2.02. The summed E-state index contributed by atoms with van der Waals surface area (Å²) in [4.78, 5) is 15.6. The molecule has 136 valence electrons. The number of Topliss-reactive ketones (excluding diaryl/α,β-unsaturated/α-hetero) is 1. The Hall–Kier alpha value is -2.90. The van der Waals surface area contributed by atoms with Gasteiger partial charge in [-0.05, 0) is 31.9 Å². The van der Waals surface area contributed by atoms with E-state index >= 15 is 0 Å². The molecule has 0 N–H and O–H groups in total. The molecule has 5 nitrogen and oxygen atoms in total. The second-order valence-electron chi connectivity index (χ2n) is 5.87. The van der Waals surface area contributed by atoms with Gasteiger partial charge in [-0.3, -0.25) is 4.79 Å². The zero-order chi connectivity index (χ0) is 18.9. The smallest absolute Gasteiger partial charge is 0.466 e. The zero-order valence-electron chi connectivity index (χ0n) is 14.1. The van der Waals surface area contributed by atoms with E-state index in [1.807, 2.05) is 0 Å². The van der Waals surface area contributed by atoms with E-state index in [1.165, 1.54) is 0 Å². The minimum atomic E-state index is -4.67. The summed E-state index contributed by atoms with van der Waals surface area (Å²) in [6.45, 7) is 3.53. The Morgan fingerprint density at radius 1 is 1.15 bits per heavy atom. The highest BCUT2D eigenvalue weighted by Gasteiger charge is 2.38. The lowest BCUT2D eigenvalue weighted by molar-refractivity contribution is -0.159. The van der Waals surface area contributed by atoms with Crippen molar-refractivity contribution in [3.63, 3.8) is 0 Å². The molecule has 0 atom stereocenters. The molecule has 8 heteroatoms. The van der Waals surface area contributed by atoms with Crippen molar-refractivity contribution >= 4 is 5.78 Å². The van der Waals surface area contributed by atoms with Gasteiger partial charge in [0.15, 0.2) is 5.78 Å². The second kappa shape index (κ2) is 6.78. The average molecular weight is 364 g/mol. The summed E-state index contributed by atoms with van der Waals surface area (Å²) < 4.78 is 47.0. The first-order chi connectivity index (χ1) is 12.2. The van der Waals surface area contributed by atoms with E-state index in [4.69, 9.17) is 4.42 Å². The first-order valence-electron chi connectivity index (χ1n) is 7.84. The first kappa shape index (κ1) is 17.9. The number of carbonyl (C=O) groups is 1. The molecule has 3 aromatic rings. The number of aryl methyl sites for hydroxylation is 3. The molecule has 0 radical (unpaired) electrons. The number of furan rings is 1. The van der Waals surface area contributed by atoms with Crippen LogP contribution in [0.2, 0.25) is 0 Å². The number of hydrogen-bond acceptors (Lipinski definition) is 5. The lowest BCUT2D eigenvalue weighted by atomic mass is 10.0. The predicted molar refractivity (Wildman–Crippen MR) is 85.6 cm³/mol. The molecule has 3 rings (SSSR count). The highest BCUT2D eigenvalue weighted by molar-refractivity contribution is 5.97. The van der Waals surface area contributed by atoms with Crippen LogP contribution in [-0.2, 0) is 12.6 Å². The van der Waals surface area contributed by atoms with Crippen LogP contribution in [0.15, 0.2) is 39.3 Å². The van der Waals surface area contributed by atoms with Gasteiger partial charge in [-0.15, -0.1) is 0 Å². The number of benzene rings is 1. The number of carbonyl (C=O) groups excluding carboxylic acids is 1. The fraction of sp³-hybridized carbons (Fsp3) is 0.278. The minimum Gasteiger partial charge on any atom is -0.466 e. The van der Waals surface area contributed by atoms with Gasteiger partial charge >= 0.3 is 12.1 Å². The molecule has 0 unspecified atom stereocenters. The Labute approximate surface area is 146 Å². The fourth-order valence-corrected chi connectivity index (χ4v) is 2.58. The van der Waals surface area contributed by atoms with Gasteiger partial charge in [0.05, 0.1) is 5.56 Å². The highest BCUT2D eigenvalue weighted by atomic mass is 19.4. The SMILES string of the molecule is Cc1cc(C(=O)CCc2ccc(-c3noc(C(F)(F)F)n3)cc2)c(C)o1. The van der Waals surface area contributed by atoms with Gasteiger partial charge in [-0.2, -0.15) is 18.2 Å². The standard InChI is InChI=1S/C18H15F3N2O3/c1-10-9-14(11(2)25-10)15(24)8-5-12-3-6-13(7-4-12)16-22-17(26-23-16)18(19,20)21/h3-4,6-7,9H,5,8H2,1-2H3. The van der Waals surface area contributed by atoms with Crippen LogP contribution in [0.4, 0.5) is 13.2 Å². The van der Waals surface area contributed by atoms with Crippen molar-refractivity contribution in [1.82, 2.24) is 10.1 Å². The summed E-state index contributed by atoms with van der Waals surface area (Å²) in [5, 5.41) is 3.34. The molecule has 2 heterocycles. The van der Waals surface area contributed by atoms with Crippen LogP contribution in [-0.4, -0.2) is 15.9 Å². The molecular formula is C18H15F3N2O3. The van der Waals surface area contributed by atoms with Crippen LogP contribution in [0.1, 0.15) is 39.8 Å². The van der Waals surface area contributed by atoms with Gasteiger partial charge in [0.25, 0.3) is 0 Å². The monoisotopic (exact) mass is 364 g/mol. The van der Waals surface area contributed by atoms with Crippen LogP contribution in [0.3, 0.4) is 0 Å². The molecule has 0 amide bonds. The Morgan fingerprint density at radius 2 is 1.85 bits per heavy atom. The highest BCUT2D eigenvalue weighted by Crippen LogP contribution is 2.29. The quantitative estimate of drug-likeness (QED) is 0.610. The van der Waals surface area contributed by atoms with Crippen LogP contribution in [0, 0.1) is 13.8 Å². The number of halogens is 3. The number of rotatable bonds is 5. The zero-order valence-corrected chi connectivity index (χ0v) is 14.1. The summed E-state index contributed by atoms with van der Waals surface area (Å²) in [6.07, 6.45) is -3.86. The Morgan fingerprint density at radius 3 is 2.38 bits per heavy atom. The molecule has 2 aromatic heterocycles. The van der Waals surface area contributed by atoms with Crippen molar-refractivity contribution in [1.29, 1.82) is 0 Å². The van der Waals surface area contributed by atoms with Crippen molar-refractivity contribution in [2.75, 3.05) is 0 Å². The maximum atomic E-state index is 12.5. The Bertz CT molecular complexity index is 924. The molecule has 0 bridgehead atoms. The van der Waals surface area contributed by atoms with E-state index in [2.05, 4.69) is 14.7 Å². The van der Waals surface area contributed by atoms with E-state index in [1.54, 1.807) is 44.2 Å². The van der Waals surface area contributed by atoms with Crippen molar-refractivity contribution in [2.24, 2.45) is 0 Å². The third-order valence-electron chi connectivity index (χ3n) is 3.86. The summed E-state index contributed by atoms with van der Waals surface area (Å²) in [6, 6.07) is 8.35. The van der Waals surface area contributed by atoms with Crippen LogP contribution < -0.4 is 0 Å². The van der Waals surface area contributed by atoms with Gasteiger partial charge in [0.1, 0.15) is 11.5 Å². The molecule has 0 fully saturated rings. The van der Waals surface area contributed by atoms with Gasteiger partial charge in [-0.25, -0.2) is 0 Å². The van der Waals surface area contributed by atoms with E-state index in [-0.39, 0.29) is 11.6 Å². The van der Waals surface area contributed by atoms with E-state index in [9.17, 15) is 18.0 Å². The minimum absolute atomic E-state index is 0.0172. The fourth-order valence-electron chi connectivity index (χ4n) is 2.58. The first-order valence-corrected chi connectivity index (χ1v) is 7.84. The molecule has 0 saturated carbocycles. The van der Waals surface area contributed by atoms with Crippen molar-refractivity contribution in [3.05, 3.63) is 58.9 Å². The molecule has 26 heavy (non-hydrogen) atoms. The van der Waals surface area contributed by atoms with Crippen molar-refractivity contribution in [3.8, 4) is 11.4 Å². The van der Waals surface area contributed by atoms with Crippen molar-refractivity contribution in [2.45, 2.75) is 32.9 Å². The van der Waals surface area contributed by atoms with Gasteiger partial charge in [0, 0.05) is 12.0 Å². The van der Waals surface area contributed by atoms with Crippen LogP contribution >= 0.6 is 0 Å². The number of alkyl halides is 3. The maximum Gasteiger partial charge on any atom is 0.471 e. The summed E-state index contributed by atoms with van der Waals surface area (Å²) in [5.41, 5.74) is 1.85. The third-order valence-corrected chi connectivity index (χ3v) is 3.86. The largest absolute Gasteiger partial charge is 0.471 e. The molecular weight excluding hydrogens is 349 g/mol. The molecule has 1 aromatic carbocycles. The van der Waals surface area contributed by atoms with Crippen LogP contribution in [0.5, 0.6) is 0 Å². The topological polar surface area (TPSA) is 69.1 Å². The Kier molecular flexibility index (Phi) is 4.67. The number of aromatic nitrogens is 2. The number of hydrogen-bond donors (Lipinski definition) is 0. The molecule has 0 aliphatic heterocycles. The normalized spacial score (nSPS) is 11.7. The number of ketones is 1. The third kappa shape index (κ3) is 3.84. The number of nitrogens with zero attached hydrogens (tertiary/aromatic N) is 2. The summed E-state index contributed by atoms with van der Waals surface area (Å²) >= 11 is 0. The second-order valence-corrected chi connectivity index (χ2v) is 5.87. The van der Waals surface area contributed by atoms with Gasteiger partial charge in [-0.1, -0.05) is 29.4 Å². The van der Waals surface area contributed by atoms with E-state index in [0.29, 0.717) is 35.5 Å². The predicted octanol–water partition coefficient (Wildman–Crippen LogP) is 4.78. The van der Waals surface area contributed by atoms with Crippen LogP contribution in [0.25, 0.3) is 11.4 Å². The molecule has 0 aliphatic rings. The van der Waals surface area contributed by atoms with Gasteiger partial charge < -0.3 is 8.94 Å². The van der Waals surface area contributed by atoms with Crippen molar-refractivity contribution < 1.29 is 26.9 Å². The van der Waals surface area contributed by atoms with Gasteiger partial charge in [0.2, 0.25) is 5.82 Å². The maximum absolute atomic E-state index is 12.5. The molecule has 0 spiro atoms. The lowest BCUT2D eigenvalue weighted by Crippen LogP contribution is -2.04. The summed E-state index contributed by atoms with van der Waals surface area (Å²) in [5.74, 6) is -0.247. The molecule has 0 aliphatic carbocycles. The van der Waals surface area contributed by atoms with E-state index in [0.717, 1.165) is 5.56 Å².